The Morgan fingerprint density at radius 1 is 1.75 bits per heavy atom. The molecule has 0 unspecified atom stereocenters. The monoisotopic (exact) mass is 110 g/mol. The van der Waals surface area contributed by atoms with Gasteiger partial charge in [-0.25, -0.2) is 4.79 Å². The molecule has 0 saturated heterocycles. The SMILES string of the molecule is C=C1OC(=O)C=C1C. The molecule has 1 heterocycles. The quantitative estimate of drug-likeness (QED) is 0.435. The Morgan fingerprint density at radius 3 is 2.50 bits per heavy atom. The molecule has 0 bridgehead atoms. The smallest absolute Gasteiger partial charge is 0.336 e. The summed E-state index contributed by atoms with van der Waals surface area (Å²) in [5, 5.41) is 0. The molecule has 0 aliphatic carbocycles. The van der Waals surface area contributed by atoms with Crippen molar-refractivity contribution < 1.29 is 9.53 Å². The fourth-order valence-corrected chi connectivity index (χ4v) is 0.489. The number of cyclic esters (lactones) is 1. The van der Waals surface area contributed by atoms with Gasteiger partial charge in [-0.15, -0.1) is 0 Å². The van der Waals surface area contributed by atoms with Gasteiger partial charge in [-0.1, -0.05) is 6.58 Å². The Kier molecular flexibility index (Phi) is 0.938. The van der Waals surface area contributed by atoms with E-state index in [1.807, 2.05) is 0 Å². The third-order valence-corrected chi connectivity index (χ3v) is 0.998. The summed E-state index contributed by atoms with van der Waals surface area (Å²) in [4.78, 5) is 10.3. The largest absolute Gasteiger partial charge is 0.424 e. The summed E-state index contributed by atoms with van der Waals surface area (Å²) in [5.41, 5.74) is 0.815. The van der Waals surface area contributed by atoms with Crippen LogP contribution in [0.3, 0.4) is 0 Å². The van der Waals surface area contributed by atoms with Crippen LogP contribution in [-0.4, -0.2) is 5.97 Å². The predicted octanol–water partition coefficient (Wildman–Crippen LogP) is 1.00. The van der Waals surface area contributed by atoms with Gasteiger partial charge in [0.1, 0.15) is 5.76 Å². The standard InChI is InChI=1S/C6H6O2/c1-4-3-6(7)8-5(4)2/h3H,2H2,1H3. The second-order valence-electron chi connectivity index (χ2n) is 1.67. The zero-order valence-corrected chi connectivity index (χ0v) is 4.60. The zero-order valence-electron chi connectivity index (χ0n) is 4.60. The van der Waals surface area contributed by atoms with Crippen molar-refractivity contribution in [1.82, 2.24) is 0 Å². The Bertz CT molecular complexity index is 177. The van der Waals surface area contributed by atoms with Gasteiger partial charge in [-0.05, 0) is 12.5 Å². The normalized spacial score (nSPS) is 18.4. The fourth-order valence-electron chi connectivity index (χ4n) is 0.489. The van der Waals surface area contributed by atoms with Crippen LogP contribution in [0.5, 0.6) is 0 Å². The molecule has 0 aromatic heterocycles. The van der Waals surface area contributed by atoms with Gasteiger partial charge >= 0.3 is 5.97 Å². The first kappa shape index (κ1) is 5.09. The molecule has 0 spiro atoms. The molecule has 0 aromatic rings. The summed E-state index contributed by atoms with van der Waals surface area (Å²) in [6.07, 6.45) is 1.42. The molecule has 2 heteroatoms. The van der Waals surface area contributed by atoms with Crippen molar-refractivity contribution in [3.63, 3.8) is 0 Å². The second kappa shape index (κ2) is 1.47. The van der Waals surface area contributed by atoms with E-state index in [2.05, 4.69) is 11.3 Å². The highest BCUT2D eigenvalue weighted by Crippen LogP contribution is 2.15. The highest BCUT2D eigenvalue weighted by molar-refractivity contribution is 5.87. The molecule has 2 nitrogen and oxygen atoms in total. The van der Waals surface area contributed by atoms with Crippen LogP contribution in [0.4, 0.5) is 0 Å². The highest BCUT2D eigenvalue weighted by Gasteiger charge is 2.12. The molecule has 0 N–H and O–H groups in total. The molecular weight excluding hydrogens is 104 g/mol. The average molecular weight is 110 g/mol. The van der Waals surface area contributed by atoms with E-state index in [0.717, 1.165) is 5.57 Å². The number of ether oxygens (including phenoxy) is 1. The maximum Gasteiger partial charge on any atom is 0.336 e. The van der Waals surface area contributed by atoms with E-state index in [1.165, 1.54) is 6.08 Å². The minimum absolute atomic E-state index is 0.312. The van der Waals surface area contributed by atoms with Gasteiger partial charge in [0.15, 0.2) is 0 Å². The van der Waals surface area contributed by atoms with Crippen LogP contribution in [0.2, 0.25) is 0 Å². The van der Waals surface area contributed by atoms with E-state index in [1.54, 1.807) is 6.92 Å². The molecular formula is C6H6O2. The predicted molar refractivity (Wildman–Crippen MR) is 29.0 cm³/mol. The lowest BCUT2D eigenvalue weighted by Gasteiger charge is -1.91. The van der Waals surface area contributed by atoms with E-state index in [9.17, 15) is 4.79 Å². The summed E-state index contributed by atoms with van der Waals surface area (Å²) in [5.74, 6) is 0.155. The minimum Gasteiger partial charge on any atom is -0.424 e. The lowest BCUT2D eigenvalue weighted by molar-refractivity contribution is -0.132. The summed E-state index contributed by atoms with van der Waals surface area (Å²) in [6.45, 7) is 5.26. The van der Waals surface area contributed by atoms with E-state index >= 15 is 0 Å². The molecule has 0 aromatic carbocycles. The van der Waals surface area contributed by atoms with Gasteiger partial charge in [-0.3, -0.25) is 0 Å². The second-order valence-corrected chi connectivity index (χ2v) is 1.67. The van der Waals surface area contributed by atoms with Crippen LogP contribution in [-0.2, 0) is 9.53 Å². The number of carbonyl (C=O) groups excluding carboxylic acids is 1. The number of carbonyl (C=O) groups is 1. The first-order chi connectivity index (χ1) is 3.70. The van der Waals surface area contributed by atoms with Crippen LogP contribution in [0.25, 0.3) is 0 Å². The van der Waals surface area contributed by atoms with Gasteiger partial charge in [0.2, 0.25) is 0 Å². The van der Waals surface area contributed by atoms with Crippen molar-refractivity contribution in [2.45, 2.75) is 6.92 Å². The maximum absolute atomic E-state index is 10.3. The first-order valence-corrected chi connectivity index (χ1v) is 2.29. The number of esters is 1. The van der Waals surface area contributed by atoms with Crippen LogP contribution < -0.4 is 0 Å². The Balaban J connectivity index is 2.88. The van der Waals surface area contributed by atoms with Crippen LogP contribution in [0.1, 0.15) is 6.92 Å². The highest BCUT2D eigenvalue weighted by atomic mass is 16.5. The molecule has 0 saturated carbocycles. The van der Waals surface area contributed by atoms with Crippen LogP contribution >= 0.6 is 0 Å². The number of rotatable bonds is 0. The average Bonchev–Trinajstić information content (AvgIpc) is 1.85. The summed E-state index contributed by atoms with van der Waals surface area (Å²) < 4.78 is 4.55. The van der Waals surface area contributed by atoms with Crippen molar-refractivity contribution >= 4 is 5.97 Å². The Labute approximate surface area is 47.5 Å². The van der Waals surface area contributed by atoms with Gasteiger partial charge in [-0.2, -0.15) is 0 Å². The summed E-state index contributed by atoms with van der Waals surface area (Å²) >= 11 is 0. The number of hydrogen-bond acceptors (Lipinski definition) is 2. The minimum atomic E-state index is -0.312. The molecule has 1 rings (SSSR count). The van der Waals surface area contributed by atoms with Crippen molar-refractivity contribution in [2.75, 3.05) is 0 Å². The molecule has 0 radical (unpaired) electrons. The molecule has 0 fully saturated rings. The van der Waals surface area contributed by atoms with Gasteiger partial charge in [0.05, 0.1) is 0 Å². The van der Waals surface area contributed by atoms with Gasteiger partial charge in [0, 0.05) is 6.08 Å². The maximum atomic E-state index is 10.3. The molecule has 0 amide bonds. The molecule has 8 heavy (non-hydrogen) atoms. The lowest BCUT2D eigenvalue weighted by atomic mass is 10.3. The lowest BCUT2D eigenvalue weighted by Crippen LogP contribution is -1.88. The zero-order chi connectivity index (χ0) is 6.15. The molecule has 1 aliphatic heterocycles. The van der Waals surface area contributed by atoms with E-state index < -0.39 is 0 Å². The molecule has 42 valence electrons. The van der Waals surface area contributed by atoms with E-state index in [4.69, 9.17) is 0 Å². The van der Waals surface area contributed by atoms with Crippen molar-refractivity contribution in [3.05, 3.63) is 24.0 Å². The van der Waals surface area contributed by atoms with Crippen molar-refractivity contribution in [2.24, 2.45) is 0 Å². The van der Waals surface area contributed by atoms with Gasteiger partial charge in [0.25, 0.3) is 0 Å². The first-order valence-electron chi connectivity index (χ1n) is 2.29. The molecule has 0 atom stereocenters. The third-order valence-electron chi connectivity index (χ3n) is 0.998. The van der Waals surface area contributed by atoms with Crippen LogP contribution in [0.15, 0.2) is 24.0 Å². The Morgan fingerprint density at radius 2 is 2.38 bits per heavy atom. The molecule has 1 aliphatic rings. The van der Waals surface area contributed by atoms with Crippen LogP contribution in [0, 0.1) is 0 Å². The summed E-state index contributed by atoms with van der Waals surface area (Å²) in [6, 6.07) is 0. The van der Waals surface area contributed by atoms with E-state index in [0.29, 0.717) is 5.76 Å². The topological polar surface area (TPSA) is 26.3 Å². The third kappa shape index (κ3) is 0.644. The number of allylic oxidation sites excluding steroid dienone is 1. The fraction of sp³-hybridized carbons (Fsp3) is 0.167. The Hall–Kier alpha value is -1.05. The van der Waals surface area contributed by atoms with E-state index in [-0.39, 0.29) is 5.97 Å². The number of hydrogen-bond donors (Lipinski definition) is 0. The van der Waals surface area contributed by atoms with Gasteiger partial charge < -0.3 is 4.74 Å². The summed E-state index contributed by atoms with van der Waals surface area (Å²) in [7, 11) is 0. The van der Waals surface area contributed by atoms with Crippen molar-refractivity contribution in [3.8, 4) is 0 Å². The van der Waals surface area contributed by atoms with Crippen molar-refractivity contribution in [1.29, 1.82) is 0 Å².